The van der Waals surface area contributed by atoms with Gasteiger partial charge in [-0.1, -0.05) is 25.1 Å². The number of nitrogens with one attached hydrogen (secondary N) is 1. The summed E-state index contributed by atoms with van der Waals surface area (Å²) in [6, 6.07) is 9.89. The van der Waals surface area contributed by atoms with Gasteiger partial charge in [0.2, 0.25) is 5.91 Å². The predicted octanol–water partition coefficient (Wildman–Crippen LogP) is 2.84. The van der Waals surface area contributed by atoms with Gasteiger partial charge in [-0.05, 0) is 36.6 Å². The molecule has 0 aliphatic heterocycles. The molecule has 0 saturated heterocycles. The predicted molar refractivity (Wildman–Crippen MR) is 80.6 cm³/mol. The number of carbonyl (C=O) groups is 1. The first-order chi connectivity index (χ1) is 10.6. The molecular formula is C17H20FNO3. The number of aryl methyl sites for hydroxylation is 1. The monoisotopic (exact) mass is 305 g/mol. The molecule has 0 aliphatic carbocycles. The summed E-state index contributed by atoms with van der Waals surface area (Å²) in [5.74, 6) is -0.256. The van der Waals surface area contributed by atoms with Crippen LogP contribution in [-0.4, -0.2) is 17.6 Å². The highest BCUT2D eigenvalue weighted by Gasteiger charge is 2.16. The van der Waals surface area contributed by atoms with Gasteiger partial charge in [0.25, 0.3) is 0 Å². The van der Waals surface area contributed by atoms with Crippen molar-refractivity contribution in [3.8, 4) is 0 Å². The van der Waals surface area contributed by atoms with Crippen LogP contribution in [0, 0.1) is 11.7 Å². The van der Waals surface area contributed by atoms with E-state index in [0.29, 0.717) is 24.2 Å². The fourth-order valence-corrected chi connectivity index (χ4v) is 2.16. The number of carbonyl (C=O) groups excluding carboxylic acids is 1. The van der Waals surface area contributed by atoms with Gasteiger partial charge >= 0.3 is 0 Å². The highest BCUT2D eigenvalue weighted by molar-refractivity contribution is 5.78. The molecule has 2 N–H and O–H groups in total. The summed E-state index contributed by atoms with van der Waals surface area (Å²) < 4.78 is 18.6. The first-order valence-corrected chi connectivity index (χ1v) is 7.30. The maximum absolute atomic E-state index is 13.5. The maximum Gasteiger partial charge on any atom is 0.222 e. The summed E-state index contributed by atoms with van der Waals surface area (Å²) >= 11 is 0. The molecule has 0 saturated carbocycles. The Hall–Kier alpha value is -2.14. The number of furan rings is 1. The van der Waals surface area contributed by atoms with E-state index in [0.717, 1.165) is 0 Å². The Morgan fingerprint density at radius 3 is 2.77 bits per heavy atom. The average Bonchev–Trinajstić information content (AvgIpc) is 3.05. The summed E-state index contributed by atoms with van der Waals surface area (Å²) in [6.07, 6.45) is 1.65. The van der Waals surface area contributed by atoms with Crippen molar-refractivity contribution in [2.75, 3.05) is 6.54 Å². The zero-order valence-corrected chi connectivity index (χ0v) is 12.5. The fourth-order valence-electron chi connectivity index (χ4n) is 2.16. The standard InChI is InChI=1S/C17H20FNO3/c1-12(8-9-13-5-2-3-6-14(13)18)17(21)19-11-15(20)16-7-4-10-22-16/h2-7,10,12,15,20H,8-9,11H2,1H3,(H,19,21). The molecule has 1 aromatic heterocycles. The molecule has 0 radical (unpaired) electrons. The molecule has 2 rings (SSSR count). The summed E-state index contributed by atoms with van der Waals surface area (Å²) in [4.78, 5) is 12.0. The zero-order chi connectivity index (χ0) is 15.9. The van der Waals surface area contributed by atoms with Gasteiger partial charge in [0, 0.05) is 5.92 Å². The van der Waals surface area contributed by atoms with Crippen LogP contribution in [0.5, 0.6) is 0 Å². The summed E-state index contributed by atoms with van der Waals surface area (Å²) in [6.45, 7) is 1.88. The van der Waals surface area contributed by atoms with Crippen LogP contribution in [0.2, 0.25) is 0 Å². The Bertz CT molecular complexity index is 598. The van der Waals surface area contributed by atoms with Gasteiger partial charge in [-0.15, -0.1) is 0 Å². The van der Waals surface area contributed by atoms with Gasteiger partial charge in [0.1, 0.15) is 17.7 Å². The van der Waals surface area contributed by atoms with Gasteiger partial charge in [0.15, 0.2) is 0 Å². The number of hydrogen-bond donors (Lipinski definition) is 2. The molecule has 2 unspecified atom stereocenters. The van der Waals surface area contributed by atoms with E-state index in [-0.39, 0.29) is 24.2 Å². The van der Waals surface area contributed by atoms with Crippen LogP contribution in [0.3, 0.4) is 0 Å². The largest absolute Gasteiger partial charge is 0.467 e. The molecule has 1 amide bonds. The molecular weight excluding hydrogens is 285 g/mol. The highest BCUT2D eigenvalue weighted by Crippen LogP contribution is 2.14. The molecule has 0 spiro atoms. The lowest BCUT2D eigenvalue weighted by Gasteiger charge is -2.14. The van der Waals surface area contributed by atoms with Crippen LogP contribution in [0.4, 0.5) is 4.39 Å². The second-order valence-electron chi connectivity index (χ2n) is 5.31. The van der Waals surface area contributed by atoms with Crippen LogP contribution in [-0.2, 0) is 11.2 Å². The molecule has 1 heterocycles. The van der Waals surface area contributed by atoms with E-state index in [1.165, 1.54) is 12.3 Å². The number of halogens is 1. The van der Waals surface area contributed by atoms with Gasteiger partial charge < -0.3 is 14.8 Å². The number of hydrogen-bond acceptors (Lipinski definition) is 3. The van der Waals surface area contributed by atoms with Gasteiger partial charge in [0.05, 0.1) is 12.8 Å². The first kappa shape index (κ1) is 16.2. The van der Waals surface area contributed by atoms with Crippen molar-refractivity contribution < 1.29 is 18.7 Å². The van der Waals surface area contributed by atoms with E-state index >= 15 is 0 Å². The molecule has 2 atom stereocenters. The van der Waals surface area contributed by atoms with Crippen molar-refractivity contribution in [1.82, 2.24) is 5.32 Å². The van der Waals surface area contributed by atoms with E-state index in [2.05, 4.69) is 5.32 Å². The number of rotatable bonds is 7. The normalized spacial score (nSPS) is 13.6. The second-order valence-corrected chi connectivity index (χ2v) is 5.31. The third-order valence-corrected chi connectivity index (χ3v) is 3.59. The number of benzene rings is 1. The molecule has 1 aromatic carbocycles. The van der Waals surface area contributed by atoms with E-state index in [1.807, 2.05) is 0 Å². The minimum absolute atomic E-state index is 0.0936. The van der Waals surface area contributed by atoms with Crippen LogP contribution in [0.15, 0.2) is 47.1 Å². The van der Waals surface area contributed by atoms with E-state index in [9.17, 15) is 14.3 Å². The fraction of sp³-hybridized carbons (Fsp3) is 0.353. The van der Waals surface area contributed by atoms with Crippen molar-refractivity contribution in [2.24, 2.45) is 5.92 Å². The van der Waals surface area contributed by atoms with Gasteiger partial charge in [-0.25, -0.2) is 4.39 Å². The van der Waals surface area contributed by atoms with Crippen molar-refractivity contribution in [2.45, 2.75) is 25.9 Å². The quantitative estimate of drug-likeness (QED) is 0.827. The molecule has 0 fully saturated rings. The van der Waals surface area contributed by atoms with Crippen LogP contribution < -0.4 is 5.32 Å². The molecule has 5 heteroatoms. The molecule has 4 nitrogen and oxygen atoms in total. The Balaban J connectivity index is 1.76. The molecule has 22 heavy (non-hydrogen) atoms. The molecule has 2 aromatic rings. The Kier molecular flexibility index (Phi) is 5.72. The number of amides is 1. The number of aliphatic hydroxyl groups is 1. The Morgan fingerprint density at radius 1 is 1.32 bits per heavy atom. The summed E-state index contributed by atoms with van der Waals surface area (Å²) in [7, 11) is 0. The van der Waals surface area contributed by atoms with E-state index < -0.39 is 6.10 Å². The Labute approximate surface area is 129 Å². The third-order valence-electron chi connectivity index (χ3n) is 3.59. The van der Waals surface area contributed by atoms with Crippen LogP contribution in [0.25, 0.3) is 0 Å². The lowest BCUT2D eigenvalue weighted by Crippen LogP contribution is -2.32. The van der Waals surface area contributed by atoms with Crippen molar-refractivity contribution in [3.05, 3.63) is 59.8 Å². The first-order valence-electron chi connectivity index (χ1n) is 7.30. The lowest BCUT2D eigenvalue weighted by atomic mass is 10.00. The molecule has 0 aliphatic rings. The topological polar surface area (TPSA) is 62.5 Å². The average molecular weight is 305 g/mol. The van der Waals surface area contributed by atoms with Crippen LogP contribution >= 0.6 is 0 Å². The van der Waals surface area contributed by atoms with E-state index in [1.54, 1.807) is 37.3 Å². The van der Waals surface area contributed by atoms with Crippen molar-refractivity contribution >= 4 is 5.91 Å². The Morgan fingerprint density at radius 2 is 2.09 bits per heavy atom. The van der Waals surface area contributed by atoms with E-state index in [4.69, 9.17) is 4.42 Å². The number of aliphatic hydroxyl groups excluding tert-OH is 1. The summed E-state index contributed by atoms with van der Waals surface area (Å²) in [5.41, 5.74) is 0.609. The molecule has 0 bridgehead atoms. The van der Waals surface area contributed by atoms with Gasteiger partial charge in [-0.2, -0.15) is 0 Å². The molecule has 118 valence electrons. The van der Waals surface area contributed by atoms with Gasteiger partial charge in [-0.3, -0.25) is 4.79 Å². The van der Waals surface area contributed by atoms with Crippen LogP contribution in [0.1, 0.15) is 30.8 Å². The minimum Gasteiger partial charge on any atom is -0.467 e. The minimum atomic E-state index is -0.863. The van der Waals surface area contributed by atoms with Crippen molar-refractivity contribution in [1.29, 1.82) is 0 Å². The SMILES string of the molecule is CC(CCc1ccccc1F)C(=O)NCC(O)c1ccco1. The van der Waals surface area contributed by atoms with Crippen molar-refractivity contribution in [3.63, 3.8) is 0 Å². The smallest absolute Gasteiger partial charge is 0.222 e. The third kappa shape index (κ3) is 4.43. The maximum atomic E-state index is 13.5. The highest BCUT2D eigenvalue weighted by atomic mass is 19.1. The summed E-state index contributed by atoms with van der Waals surface area (Å²) in [5, 5.41) is 12.5. The zero-order valence-electron chi connectivity index (χ0n) is 12.5. The second kappa shape index (κ2) is 7.75. The lowest BCUT2D eigenvalue weighted by molar-refractivity contribution is -0.125.